The molecule has 0 radical (unpaired) electrons. The van der Waals surface area contributed by atoms with Gasteiger partial charge in [-0.1, -0.05) is 12.1 Å². The number of ether oxygens (including phenoxy) is 2. The number of carbonyl (C=O) groups excluding carboxylic acids is 1. The van der Waals surface area contributed by atoms with Crippen molar-refractivity contribution in [2.45, 2.75) is 0 Å². The van der Waals surface area contributed by atoms with Crippen LogP contribution in [0.1, 0.15) is 11.3 Å². The Balaban J connectivity index is 1.92. The van der Waals surface area contributed by atoms with Crippen molar-refractivity contribution >= 4 is 17.9 Å². The highest BCUT2D eigenvalue weighted by molar-refractivity contribution is 6.12. The molecule has 0 atom stereocenters. The van der Waals surface area contributed by atoms with Crippen molar-refractivity contribution in [2.75, 3.05) is 7.11 Å². The fourth-order valence-corrected chi connectivity index (χ4v) is 1.94. The highest BCUT2D eigenvalue weighted by Crippen LogP contribution is 2.22. The molecule has 2 heterocycles. The summed E-state index contributed by atoms with van der Waals surface area (Å²) in [4.78, 5) is 20.0. The van der Waals surface area contributed by atoms with E-state index in [0.717, 1.165) is 0 Å². The number of esters is 1. The standard InChI is InChI=1S/C16H11FN2O3/c1-21-14-6-5-10(8-11(14)17)9-13-16(20)22-15(19-13)12-4-2-3-7-18-12/h2-9H,1H3/b13-9+. The van der Waals surface area contributed by atoms with Crippen LogP contribution in [0.5, 0.6) is 5.75 Å². The van der Waals surface area contributed by atoms with Gasteiger partial charge < -0.3 is 9.47 Å². The second-order valence-corrected chi connectivity index (χ2v) is 4.45. The maximum absolute atomic E-state index is 13.6. The smallest absolute Gasteiger partial charge is 0.363 e. The predicted molar refractivity (Wildman–Crippen MR) is 77.8 cm³/mol. The summed E-state index contributed by atoms with van der Waals surface area (Å²) in [5.41, 5.74) is 1.03. The fraction of sp³-hybridized carbons (Fsp3) is 0.0625. The number of rotatable bonds is 3. The lowest BCUT2D eigenvalue weighted by Crippen LogP contribution is -2.06. The molecule has 0 bridgehead atoms. The third-order valence-corrected chi connectivity index (χ3v) is 2.98. The maximum atomic E-state index is 13.6. The highest BCUT2D eigenvalue weighted by atomic mass is 19.1. The van der Waals surface area contributed by atoms with Crippen molar-refractivity contribution in [3.63, 3.8) is 0 Å². The summed E-state index contributed by atoms with van der Waals surface area (Å²) >= 11 is 0. The molecule has 0 unspecified atom stereocenters. The van der Waals surface area contributed by atoms with Gasteiger partial charge in [0, 0.05) is 6.20 Å². The topological polar surface area (TPSA) is 60.8 Å². The lowest BCUT2D eigenvalue weighted by Gasteiger charge is -2.01. The average molecular weight is 298 g/mol. The van der Waals surface area contributed by atoms with Gasteiger partial charge in [0.2, 0.25) is 5.90 Å². The number of aromatic nitrogens is 1. The van der Waals surface area contributed by atoms with Crippen molar-refractivity contribution in [3.05, 3.63) is 65.4 Å². The number of hydrogen-bond donors (Lipinski definition) is 0. The van der Waals surface area contributed by atoms with E-state index < -0.39 is 11.8 Å². The molecule has 0 fully saturated rings. The second-order valence-electron chi connectivity index (χ2n) is 4.45. The third kappa shape index (κ3) is 2.71. The van der Waals surface area contributed by atoms with E-state index in [2.05, 4.69) is 9.98 Å². The Labute approximate surface area is 125 Å². The Morgan fingerprint density at radius 3 is 2.82 bits per heavy atom. The molecule has 22 heavy (non-hydrogen) atoms. The van der Waals surface area contributed by atoms with Crippen LogP contribution in [0.4, 0.5) is 4.39 Å². The first-order valence-corrected chi connectivity index (χ1v) is 6.45. The number of aliphatic imine (C=N–C) groups is 1. The van der Waals surface area contributed by atoms with Crippen LogP contribution in [0.15, 0.2) is 53.3 Å². The van der Waals surface area contributed by atoms with Gasteiger partial charge in [0.05, 0.1) is 7.11 Å². The lowest BCUT2D eigenvalue weighted by molar-refractivity contribution is -0.129. The summed E-state index contributed by atoms with van der Waals surface area (Å²) in [6.45, 7) is 0. The average Bonchev–Trinajstić information content (AvgIpc) is 2.89. The normalized spacial score (nSPS) is 15.6. The summed E-state index contributed by atoms with van der Waals surface area (Å²) in [6.07, 6.45) is 3.02. The van der Waals surface area contributed by atoms with E-state index in [1.165, 1.54) is 25.3 Å². The molecular formula is C16H11FN2O3. The zero-order valence-corrected chi connectivity index (χ0v) is 11.6. The van der Waals surface area contributed by atoms with Crippen LogP contribution in [-0.4, -0.2) is 24.0 Å². The molecule has 5 nitrogen and oxygen atoms in total. The molecular weight excluding hydrogens is 287 g/mol. The van der Waals surface area contributed by atoms with Crippen LogP contribution in [0.2, 0.25) is 0 Å². The quantitative estimate of drug-likeness (QED) is 0.645. The second kappa shape index (κ2) is 5.77. The maximum Gasteiger partial charge on any atom is 0.363 e. The molecule has 0 amide bonds. The van der Waals surface area contributed by atoms with E-state index in [9.17, 15) is 9.18 Å². The predicted octanol–water partition coefficient (Wildman–Crippen LogP) is 2.57. The molecule has 3 rings (SSSR count). The van der Waals surface area contributed by atoms with Crippen LogP contribution in [0.3, 0.4) is 0 Å². The minimum absolute atomic E-state index is 0.0882. The number of benzene rings is 1. The molecule has 6 heteroatoms. The summed E-state index contributed by atoms with van der Waals surface area (Å²) < 4.78 is 23.6. The number of halogens is 1. The number of cyclic esters (lactones) is 1. The van der Waals surface area contributed by atoms with Crippen LogP contribution in [-0.2, 0) is 9.53 Å². The highest BCUT2D eigenvalue weighted by Gasteiger charge is 2.24. The number of hydrogen-bond acceptors (Lipinski definition) is 5. The third-order valence-electron chi connectivity index (χ3n) is 2.98. The Morgan fingerprint density at radius 1 is 1.27 bits per heavy atom. The first-order chi connectivity index (χ1) is 10.7. The van der Waals surface area contributed by atoms with Crippen LogP contribution < -0.4 is 4.74 Å². The van der Waals surface area contributed by atoms with Crippen molar-refractivity contribution in [2.24, 2.45) is 4.99 Å². The first-order valence-electron chi connectivity index (χ1n) is 6.45. The molecule has 0 aliphatic carbocycles. The minimum atomic E-state index is -0.600. The monoisotopic (exact) mass is 298 g/mol. The summed E-state index contributed by atoms with van der Waals surface area (Å²) in [7, 11) is 1.38. The molecule has 1 aromatic carbocycles. The van der Waals surface area contributed by atoms with Gasteiger partial charge in [0.1, 0.15) is 5.69 Å². The Bertz CT molecular complexity index is 785. The number of nitrogens with zero attached hydrogens (tertiary/aromatic N) is 2. The Morgan fingerprint density at radius 2 is 2.14 bits per heavy atom. The summed E-state index contributed by atoms with van der Waals surface area (Å²) in [6, 6.07) is 9.55. The van der Waals surface area contributed by atoms with Gasteiger partial charge in [0.15, 0.2) is 17.3 Å². The van der Waals surface area contributed by atoms with Gasteiger partial charge in [0.25, 0.3) is 0 Å². The van der Waals surface area contributed by atoms with Crippen LogP contribution in [0.25, 0.3) is 6.08 Å². The first kappa shape index (κ1) is 13.9. The van der Waals surface area contributed by atoms with Gasteiger partial charge in [-0.15, -0.1) is 0 Å². The van der Waals surface area contributed by atoms with Crippen molar-refractivity contribution < 1.29 is 18.7 Å². The van der Waals surface area contributed by atoms with E-state index in [1.54, 1.807) is 30.5 Å². The zero-order chi connectivity index (χ0) is 15.5. The minimum Gasteiger partial charge on any atom is -0.494 e. The van der Waals surface area contributed by atoms with Gasteiger partial charge >= 0.3 is 5.97 Å². The molecule has 2 aromatic rings. The molecule has 0 spiro atoms. The van der Waals surface area contributed by atoms with Crippen molar-refractivity contribution in [1.29, 1.82) is 0 Å². The summed E-state index contributed by atoms with van der Waals surface area (Å²) in [5.74, 6) is -0.853. The Hall–Kier alpha value is -3.02. The van der Waals surface area contributed by atoms with Crippen molar-refractivity contribution in [3.8, 4) is 5.75 Å². The Kier molecular flexibility index (Phi) is 3.65. The van der Waals surface area contributed by atoms with Gasteiger partial charge in [-0.3, -0.25) is 4.98 Å². The number of methoxy groups -OCH3 is 1. The zero-order valence-electron chi connectivity index (χ0n) is 11.6. The number of pyridine rings is 1. The summed E-state index contributed by atoms with van der Waals surface area (Å²) in [5, 5.41) is 0. The molecule has 0 saturated carbocycles. The van der Waals surface area contributed by atoms with Gasteiger partial charge in [-0.25, -0.2) is 14.2 Å². The van der Waals surface area contributed by atoms with E-state index >= 15 is 0 Å². The molecule has 1 aliphatic heterocycles. The lowest BCUT2D eigenvalue weighted by atomic mass is 10.2. The number of carbonyl (C=O) groups is 1. The van der Waals surface area contributed by atoms with Crippen LogP contribution in [0, 0.1) is 5.82 Å². The van der Waals surface area contributed by atoms with E-state index in [1.807, 2.05) is 0 Å². The van der Waals surface area contributed by atoms with Crippen LogP contribution >= 0.6 is 0 Å². The SMILES string of the molecule is COc1ccc(/C=C2/N=C(c3ccccn3)OC2=O)cc1F. The van der Waals surface area contributed by atoms with Crippen molar-refractivity contribution in [1.82, 2.24) is 4.98 Å². The molecule has 0 N–H and O–H groups in total. The van der Waals surface area contributed by atoms with Gasteiger partial charge in [-0.05, 0) is 35.9 Å². The molecule has 0 saturated heterocycles. The molecule has 110 valence electrons. The largest absolute Gasteiger partial charge is 0.494 e. The van der Waals surface area contributed by atoms with Gasteiger partial charge in [-0.2, -0.15) is 0 Å². The fourth-order valence-electron chi connectivity index (χ4n) is 1.94. The van der Waals surface area contributed by atoms with E-state index in [-0.39, 0.29) is 17.3 Å². The van der Waals surface area contributed by atoms with E-state index in [0.29, 0.717) is 11.3 Å². The van der Waals surface area contributed by atoms with E-state index in [4.69, 9.17) is 9.47 Å². The molecule has 1 aromatic heterocycles. The molecule has 1 aliphatic rings.